The molecule has 0 aromatic rings. The lowest BCUT2D eigenvalue weighted by Crippen LogP contribution is -2.25. The second-order valence-electron chi connectivity index (χ2n) is 0.865. The Balaban J connectivity index is 3.00. The second kappa shape index (κ2) is 3.95. The molecule has 0 unspecified atom stereocenters. The monoisotopic (exact) mass is 120 g/mol. The molecule has 0 atom stereocenters. The van der Waals surface area contributed by atoms with Crippen molar-refractivity contribution in [2.45, 2.75) is 6.92 Å². The van der Waals surface area contributed by atoms with E-state index in [0.29, 0.717) is 0 Å². The number of rotatable bonds is 1. The summed E-state index contributed by atoms with van der Waals surface area (Å²) in [6.45, 7) is 1.89. The molecule has 0 fully saturated rings. The summed E-state index contributed by atoms with van der Waals surface area (Å²) in [7, 11) is 0. The van der Waals surface area contributed by atoms with E-state index in [1.54, 1.807) is 0 Å². The molecular formula is C3H8N2OS. The van der Waals surface area contributed by atoms with Crippen LogP contribution in [0.25, 0.3) is 0 Å². The van der Waals surface area contributed by atoms with E-state index in [1.165, 1.54) is 0 Å². The first-order valence-corrected chi connectivity index (χ1v) is 2.93. The molecule has 42 valence electrons. The Hall–Kier alpha value is -0.220. The van der Waals surface area contributed by atoms with Crippen molar-refractivity contribution in [2.75, 3.05) is 5.75 Å². The van der Waals surface area contributed by atoms with Crippen molar-refractivity contribution in [3.63, 3.8) is 0 Å². The van der Waals surface area contributed by atoms with Crippen molar-refractivity contribution in [3.05, 3.63) is 0 Å². The van der Waals surface area contributed by atoms with Crippen LogP contribution in [0.15, 0.2) is 0 Å². The molecule has 0 aromatic heterocycles. The topological polar surface area (TPSA) is 55.1 Å². The van der Waals surface area contributed by atoms with E-state index in [4.69, 9.17) is 5.84 Å². The van der Waals surface area contributed by atoms with Gasteiger partial charge < -0.3 is 0 Å². The quantitative estimate of drug-likeness (QED) is 0.298. The fraction of sp³-hybridized carbons (Fsp3) is 0.667. The fourth-order valence-corrected chi connectivity index (χ4v) is 0.518. The number of hydrazine groups is 1. The lowest BCUT2D eigenvalue weighted by atomic mass is 11.0. The molecule has 3 N–H and O–H groups in total. The van der Waals surface area contributed by atoms with Crippen LogP contribution in [-0.4, -0.2) is 11.0 Å². The van der Waals surface area contributed by atoms with Crippen LogP contribution in [0.5, 0.6) is 0 Å². The van der Waals surface area contributed by atoms with E-state index in [9.17, 15) is 4.79 Å². The minimum Gasteiger partial charge on any atom is -0.285 e. The van der Waals surface area contributed by atoms with Crippen molar-refractivity contribution in [3.8, 4) is 0 Å². The van der Waals surface area contributed by atoms with Gasteiger partial charge in [0.25, 0.3) is 5.24 Å². The third-order valence-corrected chi connectivity index (χ3v) is 1.06. The minimum atomic E-state index is -0.178. The number of nitrogens with one attached hydrogen (secondary N) is 1. The maximum absolute atomic E-state index is 10.1. The number of nitrogens with two attached hydrogens (primary N) is 1. The Kier molecular flexibility index (Phi) is 3.83. The predicted molar refractivity (Wildman–Crippen MR) is 30.9 cm³/mol. The highest BCUT2D eigenvalue weighted by molar-refractivity contribution is 8.13. The molecule has 3 nitrogen and oxygen atoms in total. The highest BCUT2D eigenvalue weighted by Crippen LogP contribution is 1.96. The zero-order chi connectivity index (χ0) is 5.70. The number of hydrogen-bond acceptors (Lipinski definition) is 3. The summed E-state index contributed by atoms with van der Waals surface area (Å²) in [5.41, 5.74) is 1.99. The first-order chi connectivity index (χ1) is 3.31. The highest BCUT2D eigenvalue weighted by atomic mass is 32.2. The summed E-state index contributed by atoms with van der Waals surface area (Å²) >= 11 is 1.16. The Labute approximate surface area is 46.6 Å². The minimum absolute atomic E-state index is 0.178. The van der Waals surface area contributed by atoms with Gasteiger partial charge in [-0.3, -0.25) is 10.2 Å². The molecular weight excluding hydrogens is 112 g/mol. The number of amides is 1. The van der Waals surface area contributed by atoms with Crippen molar-refractivity contribution in [1.29, 1.82) is 0 Å². The maximum atomic E-state index is 10.1. The van der Waals surface area contributed by atoms with E-state index in [0.717, 1.165) is 17.5 Å². The van der Waals surface area contributed by atoms with Crippen LogP contribution in [0.2, 0.25) is 0 Å². The van der Waals surface area contributed by atoms with Crippen LogP contribution in [0.3, 0.4) is 0 Å². The largest absolute Gasteiger partial charge is 0.292 e. The molecule has 1 amide bonds. The molecule has 0 aliphatic carbocycles. The number of hydrogen-bond donors (Lipinski definition) is 2. The summed E-state index contributed by atoms with van der Waals surface area (Å²) in [4.78, 5) is 10.1. The lowest BCUT2D eigenvalue weighted by molar-refractivity contribution is 0.261. The van der Waals surface area contributed by atoms with Gasteiger partial charge in [-0.25, -0.2) is 5.84 Å². The molecule has 4 heteroatoms. The summed E-state index contributed by atoms with van der Waals surface area (Å²) in [5.74, 6) is 5.50. The molecule has 0 rings (SSSR count). The maximum Gasteiger partial charge on any atom is 0.292 e. The molecule has 0 radical (unpaired) electrons. The Morgan fingerprint density at radius 2 is 2.57 bits per heavy atom. The molecule has 0 aliphatic rings. The molecule has 0 saturated carbocycles. The second-order valence-corrected chi connectivity index (χ2v) is 2.10. The SMILES string of the molecule is CCSC(=O)NN. The average Bonchev–Trinajstić information content (AvgIpc) is 1.68. The summed E-state index contributed by atoms with van der Waals surface area (Å²) < 4.78 is 0. The van der Waals surface area contributed by atoms with Crippen molar-refractivity contribution < 1.29 is 4.79 Å². The standard InChI is InChI=1S/C3H8N2OS/c1-2-7-3(6)5-4/h2,4H2,1H3,(H,5,6). The number of thioether (sulfide) groups is 1. The number of carbonyl (C=O) groups is 1. The van der Waals surface area contributed by atoms with Crippen molar-refractivity contribution in [2.24, 2.45) is 5.84 Å². The molecule has 0 spiro atoms. The zero-order valence-electron chi connectivity index (χ0n) is 4.10. The third-order valence-electron chi connectivity index (χ3n) is 0.393. The predicted octanol–water partition coefficient (Wildman–Crippen LogP) is 0.323. The van der Waals surface area contributed by atoms with Gasteiger partial charge >= 0.3 is 0 Å². The van der Waals surface area contributed by atoms with E-state index in [-0.39, 0.29) is 5.24 Å². The lowest BCUT2D eigenvalue weighted by Gasteiger charge is -1.90. The Bertz CT molecular complexity index is 66.0. The summed E-state index contributed by atoms with van der Waals surface area (Å²) in [5, 5.41) is -0.178. The van der Waals surface area contributed by atoms with Gasteiger partial charge in [0.1, 0.15) is 0 Å². The average molecular weight is 120 g/mol. The molecule has 0 bridgehead atoms. The molecule has 0 saturated heterocycles. The first kappa shape index (κ1) is 6.78. The molecule has 0 aliphatic heterocycles. The van der Waals surface area contributed by atoms with Gasteiger partial charge in [0.05, 0.1) is 0 Å². The van der Waals surface area contributed by atoms with Crippen LogP contribution >= 0.6 is 11.8 Å². The van der Waals surface area contributed by atoms with Crippen LogP contribution in [0.4, 0.5) is 4.79 Å². The van der Waals surface area contributed by atoms with Crippen LogP contribution < -0.4 is 11.3 Å². The Morgan fingerprint density at radius 1 is 2.00 bits per heavy atom. The van der Waals surface area contributed by atoms with Gasteiger partial charge in [0.15, 0.2) is 0 Å². The number of carbonyl (C=O) groups excluding carboxylic acids is 1. The molecule has 0 aromatic carbocycles. The van der Waals surface area contributed by atoms with E-state index < -0.39 is 0 Å². The van der Waals surface area contributed by atoms with Crippen LogP contribution in [0.1, 0.15) is 6.92 Å². The van der Waals surface area contributed by atoms with Gasteiger partial charge in [0, 0.05) is 0 Å². The molecule has 0 heterocycles. The van der Waals surface area contributed by atoms with Gasteiger partial charge in [0.2, 0.25) is 0 Å². The smallest absolute Gasteiger partial charge is 0.285 e. The summed E-state index contributed by atoms with van der Waals surface area (Å²) in [6.07, 6.45) is 0. The van der Waals surface area contributed by atoms with Crippen molar-refractivity contribution >= 4 is 17.0 Å². The van der Waals surface area contributed by atoms with Gasteiger partial charge in [-0.1, -0.05) is 18.7 Å². The Morgan fingerprint density at radius 3 is 2.71 bits per heavy atom. The van der Waals surface area contributed by atoms with Crippen LogP contribution in [-0.2, 0) is 0 Å². The zero-order valence-corrected chi connectivity index (χ0v) is 4.92. The van der Waals surface area contributed by atoms with Gasteiger partial charge in [-0.05, 0) is 5.75 Å². The fourth-order valence-electron chi connectivity index (χ4n) is 0.173. The van der Waals surface area contributed by atoms with E-state index >= 15 is 0 Å². The molecule has 7 heavy (non-hydrogen) atoms. The first-order valence-electron chi connectivity index (χ1n) is 1.94. The van der Waals surface area contributed by atoms with E-state index in [2.05, 4.69) is 0 Å². The summed E-state index contributed by atoms with van der Waals surface area (Å²) in [6, 6.07) is 0. The van der Waals surface area contributed by atoms with Gasteiger partial charge in [-0.15, -0.1) is 0 Å². The van der Waals surface area contributed by atoms with Crippen LogP contribution in [0, 0.1) is 0 Å². The van der Waals surface area contributed by atoms with Crippen molar-refractivity contribution in [1.82, 2.24) is 5.43 Å². The third kappa shape index (κ3) is 3.61. The highest BCUT2D eigenvalue weighted by Gasteiger charge is 1.91. The van der Waals surface area contributed by atoms with E-state index in [1.807, 2.05) is 12.3 Å². The normalized spacial score (nSPS) is 8.29. The van der Waals surface area contributed by atoms with Gasteiger partial charge in [-0.2, -0.15) is 0 Å².